The Morgan fingerprint density at radius 3 is 2.67 bits per heavy atom. The van der Waals surface area contributed by atoms with E-state index in [9.17, 15) is 9.59 Å². The molecule has 0 spiro atoms. The van der Waals surface area contributed by atoms with Crippen molar-refractivity contribution in [2.24, 2.45) is 0 Å². The topological polar surface area (TPSA) is 78.4 Å². The number of hydrogen-bond donors (Lipinski definition) is 3. The summed E-state index contributed by atoms with van der Waals surface area (Å²) in [5.74, 6) is -1.20. The van der Waals surface area contributed by atoms with Crippen molar-refractivity contribution in [2.45, 2.75) is 6.92 Å². The average molecular weight is 269 g/mol. The molecule has 18 heavy (non-hydrogen) atoms. The molecule has 1 aromatic carbocycles. The number of benzene rings is 1. The third-order valence-electron chi connectivity index (χ3n) is 2.03. The van der Waals surface area contributed by atoms with Crippen LogP contribution in [0.1, 0.15) is 17.3 Å². The fraction of sp³-hybridized carbons (Fsp3) is 0.167. The fourth-order valence-electron chi connectivity index (χ4n) is 1.24. The Bertz CT molecular complexity index is 500. The molecule has 0 bridgehead atoms. The molecular formula is C12H13ClN2O3. The van der Waals surface area contributed by atoms with Gasteiger partial charge < -0.3 is 15.7 Å². The van der Waals surface area contributed by atoms with E-state index in [4.69, 9.17) is 16.7 Å². The van der Waals surface area contributed by atoms with Crippen LogP contribution in [0.4, 0.5) is 10.5 Å². The number of carbonyl (C=O) groups excluding carboxylic acids is 1. The van der Waals surface area contributed by atoms with E-state index < -0.39 is 12.0 Å². The van der Waals surface area contributed by atoms with Gasteiger partial charge in [-0.2, -0.15) is 0 Å². The number of hydrogen-bond acceptors (Lipinski definition) is 2. The Kier molecular flexibility index (Phi) is 4.74. The second kappa shape index (κ2) is 6.07. The van der Waals surface area contributed by atoms with Crippen molar-refractivity contribution in [2.75, 3.05) is 11.9 Å². The molecule has 96 valence electrons. The first-order valence-electron chi connectivity index (χ1n) is 5.13. The van der Waals surface area contributed by atoms with Gasteiger partial charge in [0.05, 0.1) is 10.7 Å². The number of rotatable bonds is 4. The largest absolute Gasteiger partial charge is 0.478 e. The van der Waals surface area contributed by atoms with E-state index in [0.717, 1.165) is 5.57 Å². The summed E-state index contributed by atoms with van der Waals surface area (Å²) in [4.78, 5) is 22.5. The number of carboxylic acid groups (broad SMARTS) is 1. The maximum Gasteiger partial charge on any atom is 0.339 e. The van der Waals surface area contributed by atoms with Crippen LogP contribution in [0.25, 0.3) is 0 Å². The van der Waals surface area contributed by atoms with Crippen molar-refractivity contribution in [3.05, 3.63) is 40.9 Å². The van der Waals surface area contributed by atoms with Crippen LogP contribution < -0.4 is 10.6 Å². The van der Waals surface area contributed by atoms with Gasteiger partial charge in [0.15, 0.2) is 0 Å². The molecule has 0 aliphatic heterocycles. The predicted molar refractivity (Wildman–Crippen MR) is 70.2 cm³/mol. The molecule has 5 nitrogen and oxygen atoms in total. The summed E-state index contributed by atoms with van der Waals surface area (Å²) < 4.78 is 0. The van der Waals surface area contributed by atoms with Crippen molar-refractivity contribution in [3.8, 4) is 0 Å². The molecule has 1 rings (SSSR count). The van der Waals surface area contributed by atoms with Gasteiger partial charge in [-0.1, -0.05) is 29.8 Å². The van der Waals surface area contributed by atoms with Gasteiger partial charge in [-0.05, 0) is 19.1 Å². The maximum absolute atomic E-state index is 11.5. The van der Waals surface area contributed by atoms with E-state index in [1.165, 1.54) is 12.1 Å². The number of carboxylic acids is 1. The summed E-state index contributed by atoms with van der Waals surface area (Å²) in [6.07, 6.45) is 0. The van der Waals surface area contributed by atoms with Gasteiger partial charge in [0.1, 0.15) is 5.56 Å². The van der Waals surface area contributed by atoms with Gasteiger partial charge in [0.25, 0.3) is 0 Å². The highest BCUT2D eigenvalue weighted by atomic mass is 35.5. The van der Waals surface area contributed by atoms with Gasteiger partial charge in [-0.25, -0.2) is 9.59 Å². The van der Waals surface area contributed by atoms with Crippen LogP contribution >= 0.6 is 11.6 Å². The van der Waals surface area contributed by atoms with E-state index in [1.807, 2.05) is 0 Å². The van der Waals surface area contributed by atoms with E-state index >= 15 is 0 Å². The van der Waals surface area contributed by atoms with Crippen LogP contribution in [-0.2, 0) is 0 Å². The van der Waals surface area contributed by atoms with E-state index in [2.05, 4.69) is 17.2 Å². The molecule has 0 aliphatic rings. The molecular weight excluding hydrogens is 256 g/mol. The highest BCUT2D eigenvalue weighted by Crippen LogP contribution is 2.24. The Morgan fingerprint density at radius 1 is 1.44 bits per heavy atom. The highest BCUT2D eigenvalue weighted by Gasteiger charge is 2.15. The SMILES string of the molecule is C=C(C)CNC(=O)Nc1cccc(Cl)c1C(=O)O. The molecule has 0 aliphatic carbocycles. The molecule has 0 aromatic heterocycles. The van der Waals surface area contributed by atoms with Crippen LogP contribution in [0.2, 0.25) is 5.02 Å². The molecule has 0 saturated heterocycles. The summed E-state index contributed by atoms with van der Waals surface area (Å²) in [6, 6.07) is 3.96. The molecule has 0 saturated carbocycles. The van der Waals surface area contributed by atoms with Crippen molar-refractivity contribution < 1.29 is 14.7 Å². The monoisotopic (exact) mass is 268 g/mol. The smallest absolute Gasteiger partial charge is 0.339 e. The lowest BCUT2D eigenvalue weighted by molar-refractivity contribution is 0.0698. The van der Waals surface area contributed by atoms with Crippen molar-refractivity contribution in [3.63, 3.8) is 0 Å². The Labute approximate surface area is 109 Å². The first-order chi connectivity index (χ1) is 8.41. The van der Waals surface area contributed by atoms with Gasteiger partial charge >= 0.3 is 12.0 Å². The zero-order valence-electron chi connectivity index (χ0n) is 9.79. The normalized spacial score (nSPS) is 9.67. The first kappa shape index (κ1) is 14.1. The molecule has 0 radical (unpaired) electrons. The molecule has 0 heterocycles. The molecule has 0 atom stereocenters. The zero-order chi connectivity index (χ0) is 13.7. The summed E-state index contributed by atoms with van der Waals surface area (Å²) in [5, 5.41) is 14.0. The number of nitrogens with one attached hydrogen (secondary N) is 2. The summed E-state index contributed by atoms with van der Waals surface area (Å²) in [5.41, 5.74) is 0.800. The van der Waals surface area contributed by atoms with Gasteiger partial charge in [0, 0.05) is 6.54 Å². The number of halogens is 1. The molecule has 2 amide bonds. The Morgan fingerprint density at radius 2 is 2.11 bits per heavy atom. The number of anilines is 1. The number of urea groups is 1. The molecule has 1 aromatic rings. The van der Waals surface area contributed by atoms with Gasteiger partial charge in [0.2, 0.25) is 0 Å². The summed E-state index contributed by atoms with van der Waals surface area (Å²) in [6.45, 7) is 5.72. The van der Waals surface area contributed by atoms with E-state index in [1.54, 1.807) is 13.0 Å². The highest BCUT2D eigenvalue weighted by molar-refractivity contribution is 6.34. The van der Waals surface area contributed by atoms with Crippen LogP contribution in [0.5, 0.6) is 0 Å². The van der Waals surface area contributed by atoms with Crippen LogP contribution in [0, 0.1) is 0 Å². The van der Waals surface area contributed by atoms with Gasteiger partial charge in [-0.15, -0.1) is 0 Å². The number of carbonyl (C=O) groups is 2. The third-order valence-corrected chi connectivity index (χ3v) is 2.34. The lowest BCUT2D eigenvalue weighted by atomic mass is 10.2. The average Bonchev–Trinajstić information content (AvgIpc) is 2.26. The third kappa shape index (κ3) is 3.78. The van der Waals surface area contributed by atoms with Crippen molar-refractivity contribution in [1.29, 1.82) is 0 Å². The second-order valence-corrected chi connectivity index (χ2v) is 4.14. The van der Waals surface area contributed by atoms with E-state index in [-0.39, 0.29) is 16.3 Å². The molecule has 3 N–H and O–H groups in total. The minimum absolute atomic E-state index is 0.0696. The summed E-state index contributed by atoms with van der Waals surface area (Å²) >= 11 is 5.77. The minimum Gasteiger partial charge on any atom is -0.478 e. The van der Waals surface area contributed by atoms with Crippen LogP contribution in [-0.4, -0.2) is 23.7 Å². The first-order valence-corrected chi connectivity index (χ1v) is 5.50. The predicted octanol–water partition coefficient (Wildman–Crippen LogP) is 2.74. The van der Waals surface area contributed by atoms with E-state index in [0.29, 0.717) is 6.54 Å². The second-order valence-electron chi connectivity index (χ2n) is 3.73. The van der Waals surface area contributed by atoms with Gasteiger partial charge in [-0.3, -0.25) is 0 Å². The lowest BCUT2D eigenvalue weighted by Gasteiger charge is -2.10. The Hall–Kier alpha value is -2.01. The van der Waals surface area contributed by atoms with Crippen LogP contribution in [0.15, 0.2) is 30.4 Å². The fourth-order valence-corrected chi connectivity index (χ4v) is 1.50. The number of amides is 2. The summed E-state index contributed by atoms with van der Waals surface area (Å²) in [7, 11) is 0. The molecule has 0 fully saturated rings. The maximum atomic E-state index is 11.5. The Balaban J connectivity index is 2.84. The quantitative estimate of drug-likeness (QED) is 0.735. The zero-order valence-corrected chi connectivity index (χ0v) is 10.5. The van der Waals surface area contributed by atoms with Crippen molar-refractivity contribution >= 4 is 29.3 Å². The minimum atomic E-state index is -1.20. The number of aromatic carboxylic acids is 1. The lowest BCUT2D eigenvalue weighted by Crippen LogP contribution is -2.30. The standard InChI is InChI=1S/C12H13ClN2O3/c1-7(2)6-14-12(18)15-9-5-3-4-8(13)10(9)11(16)17/h3-5H,1,6H2,2H3,(H,16,17)(H2,14,15,18). The molecule has 0 unspecified atom stereocenters. The molecule has 6 heteroatoms. The van der Waals surface area contributed by atoms with Crippen molar-refractivity contribution in [1.82, 2.24) is 5.32 Å². The van der Waals surface area contributed by atoms with Crippen LogP contribution in [0.3, 0.4) is 0 Å².